The molecular formula is C28H34N4O5. The number of nitrogens with one attached hydrogen (secondary N) is 2. The Morgan fingerprint density at radius 3 is 2.62 bits per heavy atom. The van der Waals surface area contributed by atoms with Crippen molar-refractivity contribution in [2.24, 2.45) is 11.7 Å². The lowest BCUT2D eigenvalue weighted by Gasteiger charge is -2.16. The fraction of sp³-hybridized carbons (Fsp3) is 0.357. The number of nitrogens with zero attached hydrogens (tertiary/aromatic N) is 1. The number of fused-ring (bicyclic) bond motifs is 1. The fourth-order valence-electron chi connectivity index (χ4n) is 4.29. The van der Waals surface area contributed by atoms with Crippen LogP contribution < -0.4 is 16.6 Å². The molecule has 0 aliphatic heterocycles. The molecule has 1 atom stereocenters. The Bertz CT molecular complexity index is 1350. The number of carbonyl (C=O) groups is 3. The SMILES string of the molecule is COC(=O)N[C@@H](CC/C=C/C(N)=O)C(=O)Cc1cccn(Cc2cc3cccc(CC(C)C)c3[nH]2)c1=O. The first-order valence-electron chi connectivity index (χ1n) is 12.3. The first kappa shape index (κ1) is 27.4. The number of rotatable bonds is 12. The van der Waals surface area contributed by atoms with Gasteiger partial charge in [-0.3, -0.25) is 14.4 Å². The Morgan fingerprint density at radius 2 is 1.92 bits per heavy atom. The Balaban J connectivity index is 1.78. The van der Waals surface area contributed by atoms with Gasteiger partial charge in [-0.25, -0.2) is 4.79 Å². The van der Waals surface area contributed by atoms with Crippen molar-refractivity contribution in [1.82, 2.24) is 14.9 Å². The lowest BCUT2D eigenvalue weighted by molar-refractivity contribution is -0.120. The van der Waals surface area contributed by atoms with Gasteiger partial charge >= 0.3 is 6.09 Å². The highest BCUT2D eigenvalue weighted by Gasteiger charge is 2.22. The van der Waals surface area contributed by atoms with Gasteiger partial charge in [0, 0.05) is 29.4 Å². The molecule has 0 bridgehead atoms. The second-order valence-electron chi connectivity index (χ2n) is 9.45. The maximum Gasteiger partial charge on any atom is 0.407 e. The van der Waals surface area contributed by atoms with Crippen molar-refractivity contribution in [3.63, 3.8) is 0 Å². The highest BCUT2D eigenvalue weighted by Crippen LogP contribution is 2.22. The van der Waals surface area contributed by atoms with Crippen LogP contribution >= 0.6 is 0 Å². The van der Waals surface area contributed by atoms with Crippen LogP contribution in [0.5, 0.6) is 0 Å². The molecule has 9 nitrogen and oxygen atoms in total. The van der Waals surface area contributed by atoms with E-state index in [9.17, 15) is 19.2 Å². The van der Waals surface area contributed by atoms with Crippen molar-refractivity contribution in [3.05, 3.63) is 81.9 Å². The molecular weight excluding hydrogens is 472 g/mol. The predicted octanol–water partition coefficient (Wildman–Crippen LogP) is 3.23. The van der Waals surface area contributed by atoms with E-state index in [1.807, 2.05) is 18.2 Å². The minimum absolute atomic E-state index is 0.154. The lowest BCUT2D eigenvalue weighted by Crippen LogP contribution is -2.42. The van der Waals surface area contributed by atoms with Crippen LogP contribution in [0.15, 0.2) is 59.5 Å². The standard InChI is InChI=1S/C28H34N4O5/c1-18(2)14-19-8-6-9-20-15-22(30-26(19)20)17-32-13-7-10-21(27(32)35)16-24(33)23(31-28(36)37-3)11-4-5-12-25(29)34/h5-10,12-13,15,18,23,30H,4,11,14,16-17H2,1-3H3,(H2,29,34)(H,31,36)/b12-5+/t23-/m0/s1. The van der Waals surface area contributed by atoms with E-state index in [4.69, 9.17) is 5.73 Å². The molecule has 0 aliphatic rings. The number of allylic oxidation sites excluding steroid dienone is 1. The van der Waals surface area contributed by atoms with Gasteiger partial charge in [0.25, 0.3) is 5.56 Å². The largest absolute Gasteiger partial charge is 0.453 e. The number of ketones is 1. The molecule has 37 heavy (non-hydrogen) atoms. The lowest BCUT2D eigenvalue weighted by atomic mass is 10.0. The van der Waals surface area contributed by atoms with E-state index < -0.39 is 18.0 Å². The van der Waals surface area contributed by atoms with Gasteiger partial charge in [-0.05, 0) is 54.3 Å². The second-order valence-corrected chi connectivity index (χ2v) is 9.45. The molecule has 9 heteroatoms. The van der Waals surface area contributed by atoms with Crippen molar-refractivity contribution < 1.29 is 19.1 Å². The molecule has 2 aromatic heterocycles. The summed E-state index contributed by atoms with van der Waals surface area (Å²) < 4.78 is 6.19. The number of primary amides is 1. The number of H-pyrrole nitrogens is 1. The minimum atomic E-state index is -0.883. The number of hydrogen-bond acceptors (Lipinski definition) is 5. The zero-order valence-corrected chi connectivity index (χ0v) is 21.5. The molecule has 0 saturated heterocycles. The van der Waals surface area contributed by atoms with Crippen LogP contribution in [0.4, 0.5) is 4.79 Å². The zero-order chi connectivity index (χ0) is 26.9. The number of pyridine rings is 1. The molecule has 3 rings (SSSR count). The van der Waals surface area contributed by atoms with Crippen LogP contribution in [0.1, 0.15) is 43.5 Å². The molecule has 0 fully saturated rings. The first-order valence-corrected chi connectivity index (χ1v) is 12.3. The maximum absolute atomic E-state index is 13.2. The predicted molar refractivity (Wildman–Crippen MR) is 142 cm³/mol. The number of ether oxygens (including phenoxy) is 1. The molecule has 4 N–H and O–H groups in total. The van der Waals surface area contributed by atoms with Gasteiger partial charge in [0.2, 0.25) is 5.91 Å². The third-order valence-electron chi connectivity index (χ3n) is 6.00. The zero-order valence-electron chi connectivity index (χ0n) is 21.5. The number of aromatic nitrogens is 2. The summed E-state index contributed by atoms with van der Waals surface area (Å²) in [5.74, 6) is -0.415. The summed E-state index contributed by atoms with van der Waals surface area (Å²) in [5, 5.41) is 3.60. The average Bonchev–Trinajstić information content (AvgIpc) is 3.26. The molecule has 2 heterocycles. The summed E-state index contributed by atoms with van der Waals surface area (Å²) in [6, 6.07) is 10.7. The van der Waals surface area contributed by atoms with Crippen molar-refractivity contribution in [2.75, 3.05) is 7.11 Å². The van der Waals surface area contributed by atoms with E-state index in [1.54, 1.807) is 22.9 Å². The number of carbonyl (C=O) groups excluding carboxylic acids is 3. The Morgan fingerprint density at radius 1 is 1.16 bits per heavy atom. The minimum Gasteiger partial charge on any atom is -0.453 e. The first-order chi connectivity index (χ1) is 17.7. The van der Waals surface area contributed by atoms with Crippen LogP contribution in [0.25, 0.3) is 10.9 Å². The van der Waals surface area contributed by atoms with E-state index in [2.05, 4.69) is 35.0 Å². The van der Waals surface area contributed by atoms with Gasteiger partial charge in [-0.1, -0.05) is 44.2 Å². The van der Waals surface area contributed by atoms with Crippen LogP contribution in [-0.4, -0.2) is 40.5 Å². The number of benzene rings is 1. The van der Waals surface area contributed by atoms with E-state index in [1.165, 1.54) is 24.8 Å². The second kappa shape index (κ2) is 12.7. The number of hydrogen-bond donors (Lipinski definition) is 3. The number of Topliss-reactive ketones (excluding diaryl/α,β-unsaturated/α-hetero) is 1. The number of alkyl carbamates (subject to hydrolysis) is 1. The van der Waals surface area contributed by atoms with Crippen molar-refractivity contribution >= 4 is 28.7 Å². The molecule has 2 amide bonds. The smallest absolute Gasteiger partial charge is 0.407 e. The highest BCUT2D eigenvalue weighted by molar-refractivity contribution is 5.89. The van der Waals surface area contributed by atoms with E-state index >= 15 is 0 Å². The number of methoxy groups -OCH3 is 1. The number of amides is 2. The molecule has 0 saturated carbocycles. The molecule has 0 unspecified atom stereocenters. The molecule has 3 aromatic rings. The summed E-state index contributed by atoms with van der Waals surface area (Å²) in [7, 11) is 1.20. The van der Waals surface area contributed by atoms with Crippen molar-refractivity contribution in [3.8, 4) is 0 Å². The summed E-state index contributed by atoms with van der Waals surface area (Å²) in [6.45, 7) is 4.69. The summed E-state index contributed by atoms with van der Waals surface area (Å²) in [5.41, 5.74) is 8.34. The highest BCUT2D eigenvalue weighted by atomic mass is 16.5. The molecule has 1 aromatic carbocycles. The summed E-state index contributed by atoms with van der Waals surface area (Å²) in [4.78, 5) is 52.3. The number of aromatic amines is 1. The molecule has 0 aliphatic carbocycles. The van der Waals surface area contributed by atoms with E-state index in [0.717, 1.165) is 23.0 Å². The normalized spacial score (nSPS) is 12.2. The van der Waals surface area contributed by atoms with Gasteiger partial charge in [0.05, 0.1) is 19.7 Å². The quantitative estimate of drug-likeness (QED) is 0.324. The van der Waals surface area contributed by atoms with Gasteiger partial charge in [-0.2, -0.15) is 0 Å². The Kier molecular flexibility index (Phi) is 9.43. The van der Waals surface area contributed by atoms with E-state index in [-0.39, 0.29) is 24.2 Å². The topological polar surface area (TPSA) is 136 Å². The van der Waals surface area contributed by atoms with Gasteiger partial charge in [0.1, 0.15) is 0 Å². The Hall–Kier alpha value is -4.14. The third-order valence-corrected chi connectivity index (χ3v) is 6.00. The van der Waals surface area contributed by atoms with Crippen molar-refractivity contribution in [2.45, 2.75) is 52.1 Å². The molecule has 0 radical (unpaired) electrons. The third kappa shape index (κ3) is 7.67. The summed E-state index contributed by atoms with van der Waals surface area (Å²) in [6.07, 6.45) is 5.03. The van der Waals surface area contributed by atoms with Crippen molar-refractivity contribution in [1.29, 1.82) is 0 Å². The number of nitrogens with two attached hydrogens (primary N) is 1. The monoisotopic (exact) mass is 506 g/mol. The van der Waals surface area contributed by atoms with E-state index in [0.29, 0.717) is 24.4 Å². The number of para-hydroxylation sites is 1. The van der Waals surface area contributed by atoms with Gasteiger partial charge in [0.15, 0.2) is 5.78 Å². The fourth-order valence-corrected chi connectivity index (χ4v) is 4.29. The van der Waals surface area contributed by atoms with Crippen LogP contribution in [0.2, 0.25) is 0 Å². The maximum atomic E-state index is 13.2. The molecule has 0 spiro atoms. The van der Waals surface area contributed by atoms with Crippen LogP contribution in [0, 0.1) is 5.92 Å². The Labute approximate surface area is 215 Å². The van der Waals surface area contributed by atoms with Gasteiger partial charge in [-0.15, -0.1) is 0 Å². The van der Waals surface area contributed by atoms with Crippen LogP contribution in [-0.2, 0) is 33.7 Å². The average molecular weight is 507 g/mol. The molecule has 196 valence electrons. The van der Waals surface area contributed by atoms with Crippen LogP contribution in [0.3, 0.4) is 0 Å². The summed E-state index contributed by atoms with van der Waals surface area (Å²) >= 11 is 0. The van der Waals surface area contributed by atoms with Gasteiger partial charge < -0.3 is 25.3 Å².